The van der Waals surface area contributed by atoms with Gasteiger partial charge in [0.25, 0.3) is 0 Å². The predicted octanol–water partition coefficient (Wildman–Crippen LogP) is 1.11. The van der Waals surface area contributed by atoms with Crippen molar-refractivity contribution in [2.45, 2.75) is 39.5 Å². The standard InChI is InChI=1S/C12H18N2O3S/c1-3-5-7-13-10(16)9(15)11(17)14(12(13)18)8-6-4-2/h3-8H2,1-2H3. The molecule has 100 valence electrons. The molecule has 0 spiro atoms. The van der Waals surface area contributed by atoms with Crippen LogP contribution in [0.15, 0.2) is 0 Å². The van der Waals surface area contributed by atoms with Gasteiger partial charge in [0.05, 0.1) is 0 Å². The zero-order valence-electron chi connectivity index (χ0n) is 10.8. The van der Waals surface area contributed by atoms with Crippen molar-refractivity contribution in [1.82, 2.24) is 9.80 Å². The third-order valence-electron chi connectivity index (χ3n) is 2.81. The Morgan fingerprint density at radius 3 is 1.61 bits per heavy atom. The van der Waals surface area contributed by atoms with Crippen molar-refractivity contribution in [1.29, 1.82) is 0 Å². The summed E-state index contributed by atoms with van der Waals surface area (Å²) in [4.78, 5) is 37.5. The molecule has 1 heterocycles. The van der Waals surface area contributed by atoms with Crippen LogP contribution in [-0.4, -0.2) is 45.6 Å². The Morgan fingerprint density at radius 2 is 1.28 bits per heavy atom. The van der Waals surface area contributed by atoms with Gasteiger partial charge in [0.15, 0.2) is 5.11 Å². The maximum absolute atomic E-state index is 11.7. The van der Waals surface area contributed by atoms with Gasteiger partial charge in [0.2, 0.25) is 0 Å². The number of unbranched alkanes of at least 4 members (excludes halogenated alkanes) is 2. The Labute approximate surface area is 112 Å². The first kappa shape index (κ1) is 14.8. The van der Waals surface area contributed by atoms with Crippen LogP contribution in [0.3, 0.4) is 0 Å². The summed E-state index contributed by atoms with van der Waals surface area (Å²) in [6.45, 7) is 4.77. The second kappa shape index (κ2) is 6.58. The monoisotopic (exact) mass is 270 g/mol. The van der Waals surface area contributed by atoms with Crippen LogP contribution in [-0.2, 0) is 14.4 Å². The zero-order valence-corrected chi connectivity index (χ0v) is 11.6. The Bertz CT molecular complexity index is 350. The van der Waals surface area contributed by atoms with E-state index in [1.165, 1.54) is 9.80 Å². The summed E-state index contributed by atoms with van der Waals surface area (Å²) >= 11 is 5.14. The van der Waals surface area contributed by atoms with Crippen molar-refractivity contribution in [2.24, 2.45) is 0 Å². The number of hydrogen-bond acceptors (Lipinski definition) is 4. The van der Waals surface area contributed by atoms with E-state index in [0.717, 1.165) is 25.7 Å². The average Bonchev–Trinajstić information content (AvgIpc) is 2.36. The minimum atomic E-state index is -0.976. The van der Waals surface area contributed by atoms with Gasteiger partial charge in [-0.15, -0.1) is 0 Å². The lowest BCUT2D eigenvalue weighted by atomic mass is 10.2. The molecule has 1 saturated heterocycles. The first-order chi connectivity index (χ1) is 8.54. The van der Waals surface area contributed by atoms with Gasteiger partial charge in [0.1, 0.15) is 0 Å². The van der Waals surface area contributed by atoms with E-state index in [1.54, 1.807) is 0 Å². The number of ketones is 1. The van der Waals surface area contributed by atoms with E-state index in [9.17, 15) is 14.4 Å². The largest absolute Gasteiger partial charge is 0.308 e. The number of Topliss-reactive ketones (excluding diaryl/α,β-unsaturated/α-hetero) is 1. The van der Waals surface area contributed by atoms with Crippen LogP contribution < -0.4 is 0 Å². The predicted molar refractivity (Wildman–Crippen MR) is 70.8 cm³/mol. The molecule has 0 aliphatic carbocycles. The highest BCUT2D eigenvalue weighted by Gasteiger charge is 2.41. The Kier molecular flexibility index (Phi) is 5.40. The smallest absolute Gasteiger partial charge is 0.282 e. The van der Waals surface area contributed by atoms with Gasteiger partial charge in [0, 0.05) is 13.1 Å². The maximum atomic E-state index is 11.7. The number of carbonyl (C=O) groups excluding carboxylic acids is 3. The van der Waals surface area contributed by atoms with Gasteiger partial charge in [-0.25, -0.2) is 0 Å². The molecule has 0 unspecified atom stereocenters. The van der Waals surface area contributed by atoms with Crippen LogP contribution in [0.25, 0.3) is 0 Å². The summed E-state index contributed by atoms with van der Waals surface area (Å²) in [5.41, 5.74) is 0. The van der Waals surface area contributed by atoms with Crippen molar-refractivity contribution >= 4 is 34.9 Å². The fraction of sp³-hybridized carbons (Fsp3) is 0.667. The molecule has 0 atom stereocenters. The summed E-state index contributed by atoms with van der Waals surface area (Å²) in [5.74, 6) is -2.55. The highest BCUT2D eigenvalue weighted by atomic mass is 32.1. The van der Waals surface area contributed by atoms with Gasteiger partial charge in [-0.1, -0.05) is 26.7 Å². The minimum absolute atomic E-state index is 0.173. The molecule has 6 heteroatoms. The van der Waals surface area contributed by atoms with E-state index >= 15 is 0 Å². The molecule has 0 aromatic rings. The lowest BCUT2D eigenvalue weighted by Gasteiger charge is -2.34. The minimum Gasteiger partial charge on any atom is -0.282 e. The van der Waals surface area contributed by atoms with Gasteiger partial charge in [-0.05, 0) is 25.1 Å². The van der Waals surface area contributed by atoms with Gasteiger partial charge in [-0.2, -0.15) is 0 Å². The third kappa shape index (κ3) is 2.93. The van der Waals surface area contributed by atoms with Crippen LogP contribution in [0.1, 0.15) is 39.5 Å². The summed E-state index contributed by atoms with van der Waals surface area (Å²) < 4.78 is 0. The van der Waals surface area contributed by atoms with Crippen LogP contribution in [0.2, 0.25) is 0 Å². The molecular formula is C12H18N2O3S. The Morgan fingerprint density at radius 1 is 0.889 bits per heavy atom. The van der Waals surface area contributed by atoms with E-state index in [1.807, 2.05) is 13.8 Å². The molecule has 0 N–H and O–H groups in total. The van der Waals surface area contributed by atoms with Crippen LogP contribution >= 0.6 is 12.2 Å². The van der Waals surface area contributed by atoms with Crippen molar-refractivity contribution in [2.75, 3.05) is 13.1 Å². The second-order valence-corrected chi connectivity index (χ2v) is 4.60. The quantitative estimate of drug-likeness (QED) is 0.536. The number of rotatable bonds is 6. The molecule has 0 bridgehead atoms. The molecule has 1 aliphatic heterocycles. The summed E-state index contributed by atoms with van der Waals surface area (Å²) in [6.07, 6.45) is 3.30. The summed E-state index contributed by atoms with van der Waals surface area (Å²) in [5, 5.41) is 0.173. The fourth-order valence-electron chi connectivity index (χ4n) is 1.68. The normalized spacial score (nSPS) is 16.8. The molecule has 0 aromatic heterocycles. The van der Waals surface area contributed by atoms with Crippen molar-refractivity contribution in [3.05, 3.63) is 0 Å². The van der Waals surface area contributed by atoms with E-state index in [0.29, 0.717) is 13.1 Å². The number of nitrogens with zero attached hydrogens (tertiary/aromatic N) is 2. The molecule has 0 saturated carbocycles. The topological polar surface area (TPSA) is 57.7 Å². The van der Waals surface area contributed by atoms with Gasteiger partial charge >= 0.3 is 17.6 Å². The van der Waals surface area contributed by atoms with E-state index in [4.69, 9.17) is 12.2 Å². The Balaban J connectivity index is 2.86. The highest BCUT2D eigenvalue weighted by molar-refractivity contribution is 7.80. The highest BCUT2D eigenvalue weighted by Crippen LogP contribution is 2.12. The Hall–Kier alpha value is -1.30. The zero-order chi connectivity index (χ0) is 13.7. The first-order valence-corrected chi connectivity index (χ1v) is 6.67. The van der Waals surface area contributed by atoms with E-state index < -0.39 is 17.6 Å². The molecular weight excluding hydrogens is 252 g/mol. The third-order valence-corrected chi connectivity index (χ3v) is 3.25. The molecule has 18 heavy (non-hydrogen) atoms. The molecule has 2 amide bonds. The lowest BCUT2D eigenvalue weighted by Crippen LogP contribution is -2.60. The molecule has 1 fully saturated rings. The molecule has 0 radical (unpaired) electrons. The van der Waals surface area contributed by atoms with Gasteiger partial charge in [-0.3, -0.25) is 24.2 Å². The molecule has 0 aromatic carbocycles. The van der Waals surface area contributed by atoms with E-state index in [-0.39, 0.29) is 5.11 Å². The number of amides is 2. The maximum Gasteiger partial charge on any atom is 0.308 e. The molecule has 5 nitrogen and oxygen atoms in total. The second-order valence-electron chi connectivity index (χ2n) is 4.23. The number of thiocarbonyl (C=S) groups is 1. The van der Waals surface area contributed by atoms with Crippen molar-refractivity contribution in [3.8, 4) is 0 Å². The number of carbonyl (C=O) groups is 3. The van der Waals surface area contributed by atoms with Crippen LogP contribution in [0.5, 0.6) is 0 Å². The lowest BCUT2D eigenvalue weighted by molar-refractivity contribution is -0.153. The summed E-state index contributed by atoms with van der Waals surface area (Å²) in [6, 6.07) is 0. The van der Waals surface area contributed by atoms with Crippen molar-refractivity contribution < 1.29 is 14.4 Å². The van der Waals surface area contributed by atoms with Crippen molar-refractivity contribution in [3.63, 3.8) is 0 Å². The van der Waals surface area contributed by atoms with Gasteiger partial charge < -0.3 is 0 Å². The molecule has 1 rings (SSSR count). The average molecular weight is 270 g/mol. The number of hydrogen-bond donors (Lipinski definition) is 0. The van der Waals surface area contributed by atoms with Crippen LogP contribution in [0.4, 0.5) is 0 Å². The van der Waals surface area contributed by atoms with Crippen LogP contribution in [0, 0.1) is 0 Å². The molecule has 1 aliphatic rings. The summed E-state index contributed by atoms with van der Waals surface area (Å²) in [7, 11) is 0. The SMILES string of the molecule is CCCCN1C(=O)C(=O)C(=O)N(CCCC)C1=S. The fourth-order valence-corrected chi connectivity index (χ4v) is 2.03. The first-order valence-electron chi connectivity index (χ1n) is 6.26. The van der Waals surface area contributed by atoms with E-state index in [2.05, 4.69) is 0 Å².